The van der Waals surface area contributed by atoms with E-state index in [0.29, 0.717) is 5.69 Å². The van der Waals surface area contributed by atoms with Gasteiger partial charge in [-0.2, -0.15) is 18.3 Å². The average Bonchev–Trinajstić information content (AvgIpc) is 3.43. The van der Waals surface area contributed by atoms with Crippen molar-refractivity contribution in [3.8, 4) is 21.8 Å². The topological polar surface area (TPSA) is 41.6 Å². The van der Waals surface area contributed by atoms with Gasteiger partial charge >= 0.3 is 6.18 Å². The molecule has 0 amide bonds. The molecule has 0 fully saturated rings. The largest absolute Gasteiger partial charge is 0.432 e. The van der Waals surface area contributed by atoms with E-state index in [1.165, 1.54) is 36.2 Å². The van der Waals surface area contributed by atoms with Crippen LogP contribution in [0.25, 0.3) is 42.0 Å². The molecule has 0 saturated heterocycles. The van der Waals surface area contributed by atoms with Crippen LogP contribution in [0.4, 0.5) is 13.2 Å². The second kappa shape index (κ2) is 6.65. The van der Waals surface area contributed by atoms with Crippen molar-refractivity contribution in [2.75, 3.05) is 0 Å². The molecule has 0 aliphatic heterocycles. The summed E-state index contributed by atoms with van der Waals surface area (Å²) in [4.78, 5) is 6.74. The third-order valence-corrected chi connectivity index (χ3v) is 7.74. The zero-order chi connectivity index (χ0) is 21.2. The van der Waals surface area contributed by atoms with Crippen molar-refractivity contribution in [2.45, 2.75) is 26.9 Å². The number of hydrogen-bond donors (Lipinski definition) is 1. The van der Waals surface area contributed by atoms with Crippen LogP contribution in [0.15, 0.2) is 36.5 Å². The van der Waals surface area contributed by atoms with Crippen LogP contribution in [-0.2, 0) is 6.18 Å². The molecule has 0 saturated carbocycles. The van der Waals surface area contributed by atoms with Crippen molar-refractivity contribution < 1.29 is 13.2 Å². The summed E-state index contributed by atoms with van der Waals surface area (Å²) in [5.41, 5.74) is 3.19. The molecule has 0 aliphatic rings. The maximum Gasteiger partial charge on any atom is 0.432 e. The molecule has 30 heavy (non-hydrogen) atoms. The molecule has 8 heteroatoms. The molecule has 1 N–H and O–H groups in total. The zero-order valence-electron chi connectivity index (χ0n) is 16.3. The lowest BCUT2D eigenvalue weighted by molar-refractivity contribution is -0.141. The molecule has 152 valence electrons. The van der Waals surface area contributed by atoms with Gasteiger partial charge in [-0.15, -0.1) is 22.7 Å². The number of aryl methyl sites for hydroxylation is 3. The highest BCUT2D eigenvalue weighted by Crippen LogP contribution is 2.43. The van der Waals surface area contributed by atoms with Crippen LogP contribution < -0.4 is 0 Å². The number of alkyl halides is 3. The number of nitrogens with one attached hydrogen (secondary N) is 1. The Bertz CT molecular complexity index is 1350. The molecule has 4 aromatic heterocycles. The molecule has 0 radical (unpaired) electrons. The summed E-state index contributed by atoms with van der Waals surface area (Å²) in [7, 11) is 0. The summed E-state index contributed by atoms with van der Waals surface area (Å²) >= 11 is 3.54. The van der Waals surface area contributed by atoms with Crippen molar-refractivity contribution in [2.24, 2.45) is 0 Å². The molecule has 0 atom stereocenters. The van der Waals surface area contributed by atoms with Gasteiger partial charge in [0.05, 0.1) is 5.69 Å². The standard InChI is InChI=1S/C22H16F3N3S2/c1-10-6-14-11(2)21-15(12(3)20(14)29-10)7-18(30-21)13-4-5-16(26-9-13)17-8-19(28-27-17)22(23,24)25/h4-9H,1-3H3,(H,27,28). The van der Waals surface area contributed by atoms with E-state index in [9.17, 15) is 13.2 Å². The number of halogens is 3. The van der Waals surface area contributed by atoms with Crippen molar-refractivity contribution in [1.82, 2.24) is 15.2 Å². The van der Waals surface area contributed by atoms with E-state index in [4.69, 9.17) is 0 Å². The van der Waals surface area contributed by atoms with Crippen LogP contribution in [0.5, 0.6) is 0 Å². The Kier molecular flexibility index (Phi) is 4.27. The third kappa shape index (κ3) is 3.02. The van der Waals surface area contributed by atoms with Crippen LogP contribution in [0.3, 0.4) is 0 Å². The lowest BCUT2D eigenvalue weighted by Crippen LogP contribution is -2.04. The van der Waals surface area contributed by atoms with Crippen LogP contribution in [0.2, 0.25) is 0 Å². The number of aromatic nitrogens is 3. The Morgan fingerprint density at radius 2 is 1.57 bits per heavy atom. The molecule has 5 aromatic rings. The number of pyridine rings is 1. The number of benzene rings is 1. The van der Waals surface area contributed by atoms with E-state index in [1.807, 2.05) is 22.5 Å². The zero-order valence-corrected chi connectivity index (χ0v) is 17.9. The minimum absolute atomic E-state index is 0.174. The molecule has 4 heterocycles. The smallest absolute Gasteiger partial charge is 0.273 e. The van der Waals surface area contributed by atoms with E-state index in [0.717, 1.165) is 16.5 Å². The second-order valence-corrected chi connectivity index (χ2v) is 9.61. The van der Waals surface area contributed by atoms with Crippen molar-refractivity contribution in [1.29, 1.82) is 0 Å². The maximum atomic E-state index is 12.8. The summed E-state index contributed by atoms with van der Waals surface area (Å²) in [5, 5.41) is 8.32. The molecule has 0 aliphatic carbocycles. The Hall–Kier alpha value is -2.71. The SMILES string of the molecule is Cc1cc2c(C)c3sc(-c4ccc(-c5cc(C(F)(F)F)[nH]n5)nc4)cc3c(C)c2s1. The maximum absolute atomic E-state index is 12.8. The first kappa shape index (κ1) is 19.3. The van der Waals surface area contributed by atoms with Gasteiger partial charge in [-0.1, -0.05) is 0 Å². The normalized spacial score (nSPS) is 12.3. The molecule has 5 rings (SSSR count). The summed E-state index contributed by atoms with van der Waals surface area (Å²) in [6.07, 6.45) is -2.76. The van der Waals surface area contributed by atoms with Gasteiger partial charge in [-0.05, 0) is 73.0 Å². The van der Waals surface area contributed by atoms with Crippen molar-refractivity contribution >= 4 is 42.8 Å². The molecular formula is C22H16F3N3S2. The molecule has 0 bridgehead atoms. The average molecular weight is 444 g/mol. The predicted molar refractivity (Wildman–Crippen MR) is 117 cm³/mol. The fourth-order valence-electron chi connectivity index (χ4n) is 3.70. The first-order valence-corrected chi connectivity index (χ1v) is 10.9. The Morgan fingerprint density at radius 3 is 2.20 bits per heavy atom. The van der Waals surface area contributed by atoms with Gasteiger partial charge in [0.1, 0.15) is 11.4 Å². The number of fused-ring (bicyclic) bond motifs is 2. The fourth-order valence-corrected chi connectivity index (χ4v) is 6.00. The fraction of sp³-hybridized carbons (Fsp3) is 0.182. The minimum atomic E-state index is -4.45. The lowest BCUT2D eigenvalue weighted by atomic mass is 10.0. The first-order valence-electron chi connectivity index (χ1n) is 9.24. The number of thiophene rings is 2. The van der Waals surface area contributed by atoms with Gasteiger partial charge in [0.2, 0.25) is 0 Å². The van der Waals surface area contributed by atoms with E-state index in [-0.39, 0.29) is 5.69 Å². The third-order valence-electron chi connectivity index (χ3n) is 5.27. The van der Waals surface area contributed by atoms with E-state index < -0.39 is 11.9 Å². The molecule has 1 aromatic carbocycles. The van der Waals surface area contributed by atoms with E-state index in [1.54, 1.807) is 23.6 Å². The molecule has 0 spiro atoms. The van der Waals surface area contributed by atoms with Gasteiger partial charge in [0.25, 0.3) is 0 Å². The number of nitrogens with zero attached hydrogens (tertiary/aromatic N) is 2. The Labute approximate surface area is 178 Å². The highest BCUT2D eigenvalue weighted by Gasteiger charge is 2.33. The highest BCUT2D eigenvalue weighted by molar-refractivity contribution is 7.23. The minimum Gasteiger partial charge on any atom is -0.273 e. The van der Waals surface area contributed by atoms with Gasteiger partial charge in [0, 0.05) is 30.9 Å². The lowest BCUT2D eigenvalue weighted by Gasteiger charge is -2.03. The van der Waals surface area contributed by atoms with Crippen molar-refractivity contribution in [3.63, 3.8) is 0 Å². The molecule has 3 nitrogen and oxygen atoms in total. The quantitative estimate of drug-likeness (QED) is 0.307. The number of H-pyrrole nitrogens is 1. The van der Waals surface area contributed by atoms with Crippen LogP contribution in [0, 0.1) is 20.8 Å². The molecule has 0 unspecified atom stereocenters. The van der Waals surface area contributed by atoms with E-state index in [2.05, 4.69) is 43.0 Å². The van der Waals surface area contributed by atoms with Gasteiger partial charge in [-0.25, -0.2) is 0 Å². The van der Waals surface area contributed by atoms with Crippen LogP contribution >= 0.6 is 22.7 Å². The van der Waals surface area contributed by atoms with Crippen LogP contribution in [-0.4, -0.2) is 15.2 Å². The monoisotopic (exact) mass is 443 g/mol. The van der Waals surface area contributed by atoms with Crippen LogP contribution in [0.1, 0.15) is 21.7 Å². The molecular weight excluding hydrogens is 427 g/mol. The van der Waals surface area contributed by atoms with Gasteiger partial charge in [-0.3, -0.25) is 10.1 Å². The summed E-state index contributed by atoms with van der Waals surface area (Å²) in [6, 6.07) is 8.99. The number of hydrogen-bond acceptors (Lipinski definition) is 4. The Morgan fingerprint density at radius 1 is 0.867 bits per heavy atom. The summed E-state index contributed by atoms with van der Waals surface area (Å²) in [6.45, 7) is 6.45. The number of rotatable bonds is 2. The van der Waals surface area contributed by atoms with Gasteiger partial charge in [0.15, 0.2) is 0 Å². The van der Waals surface area contributed by atoms with E-state index >= 15 is 0 Å². The highest BCUT2D eigenvalue weighted by atomic mass is 32.1. The first-order chi connectivity index (χ1) is 14.2. The Balaban J connectivity index is 1.55. The predicted octanol–water partition coefficient (Wildman–Crippen LogP) is 7.51. The second-order valence-electron chi connectivity index (χ2n) is 7.30. The van der Waals surface area contributed by atoms with Gasteiger partial charge < -0.3 is 0 Å². The summed E-state index contributed by atoms with van der Waals surface area (Å²) in [5.74, 6) is 0. The van der Waals surface area contributed by atoms with Crippen molar-refractivity contribution in [3.05, 3.63) is 58.2 Å². The number of aromatic amines is 1. The summed E-state index contributed by atoms with van der Waals surface area (Å²) < 4.78 is 40.9.